The molecule has 11 heteroatoms. The van der Waals surface area contributed by atoms with Crippen LogP contribution in [0.2, 0.25) is 0 Å². The molecule has 2 atom stereocenters. The zero-order valence-corrected chi connectivity index (χ0v) is 19.9. The van der Waals surface area contributed by atoms with Crippen molar-refractivity contribution < 1.29 is 19.1 Å². The van der Waals surface area contributed by atoms with Crippen LogP contribution in [0.3, 0.4) is 0 Å². The smallest absolute Gasteiger partial charge is 0.416 e. The van der Waals surface area contributed by atoms with Crippen LogP contribution in [0.5, 0.6) is 5.75 Å². The van der Waals surface area contributed by atoms with Gasteiger partial charge in [0.2, 0.25) is 0 Å². The van der Waals surface area contributed by atoms with E-state index in [1.807, 2.05) is 6.07 Å². The van der Waals surface area contributed by atoms with Crippen LogP contribution in [0.1, 0.15) is 18.4 Å². The Bertz CT molecular complexity index is 1510. The predicted octanol–water partition coefficient (Wildman–Crippen LogP) is 2.09. The van der Waals surface area contributed by atoms with Gasteiger partial charge in [0.25, 0.3) is 11.5 Å². The lowest BCUT2D eigenvalue weighted by atomic mass is 10.0. The summed E-state index contributed by atoms with van der Waals surface area (Å²) < 4.78 is 12.8. The minimum absolute atomic E-state index is 0.0592. The van der Waals surface area contributed by atoms with Crippen molar-refractivity contribution >= 4 is 34.5 Å². The normalized spacial score (nSPS) is 21.0. The van der Waals surface area contributed by atoms with Crippen LogP contribution in [-0.2, 0) is 16.1 Å². The van der Waals surface area contributed by atoms with E-state index in [0.717, 1.165) is 30.4 Å². The van der Waals surface area contributed by atoms with Gasteiger partial charge in [0.05, 0.1) is 23.2 Å². The van der Waals surface area contributed by atoms with E-state index in [2.05, 4.69) is 21.3 Å². The van der Waals surface area contributed by atoms with E-state index in [4.69, 9.17) is 9.47 Å². The van der Waals surface area contributed by atoms with Crippen LogP contribution in [0, 0.1) is 11.3 Å². The van der Waals surface area contributed by atoms with Crippen LogP contribution in [0.25, 0.3) is 10.9 Å². The van der Waals surface area contributed by atoms with Gasteiger partial charge in [-0.15, -0.1) is 0 Å². The molecule has 188 valence electrons. The number of carbonyl (C=O) groups excluding carboxylic acids is 2. The molecule has 3 aliphatic rings. The molecule has 0 aliphatic carbocycles. The highest BCUT2D eigenvalue weighted by Gasteiger charge is 2.46. The fraction of sp³-hybridized carbons (Fsp3) is 0.346. The van der Waals surface area contributed by atoms with Gasteiger partial charge in [0.15, 0.2) is 18.2 Å². The molecule has 3 aliphatic heterocycles. The van der Waals surface area contributed by atoms with Gasteiger partial charge in [-0.1, -0.05) is 6.07 Å². The molecular formula is C26H24N6O5. The summed E-state index contributed by atoms with van der Waals surface area (Å²) in [7, 11) is 0. The number of aryl methyl sites for hydroxylation is 1. The standard InChI is InChI=1S/C26H24N6O5/c27-13-16-2-3-17-4-7-24(34)31(19(17)12-16)10-1-9-30-11-8-18-21(14-30)37-26(35)32(18)22-6-5-20-25(28-22)29-23(33)15-36-20/h2-7,12,18,21H,1,8-11,14-15H2,(H,28,29,33)/t18-,21-/m1/s1. The van der Waals surface area contributed by atoms with E-state index >= 15 is 0 Å². The van der Waals surface area contributed by atoms with Gasteiger partial charge in [-0.3, -0.25) is 19.4 Å². The largest absolute Gasteiger partial charge is 0.480 e. The number of pyridine rings is 2. The fourth-order valence-corrected chi connectivity index (χ4v) is 5.30. The molecule has 0 radical (unpaired) electrons. The Labute approximate surface area is 211 Å². The van der Waals surface area contributed by atoms with Crippen molar-refractivity contribution in [2.24, 2.45) is 0 Å². The Morgan fingerprint density at radius 1 is 1.11 bits per heavy atom. The van der Waals surface area contributed by atoms with E-state index in [1.165, 1.54) is 0 Å². The van der Waals surface area contributed by atoms with Crippen molar-refractivity contribution in [2.45, 2.75) is 31.5 Å². The van der Waals surface area contributed by atoms with Gasteiger partial charge >= 0.3 is 6.09 Å². The van der Waals surface area contributed by atoms with Crippen LogP contribution in [0.4, 0.5) is 16.4 Å². The van der Waals surface area contributed by atoms with Crippen molar-refractivity contribution in [3.8, 4) is 11.8 Å². The first-order valence-corrected chi connectivity index (χ1v) is 12.2. The minimum Gasteiger partial charge on any atom is -0.480 e. The number of aromatic nitrogens is 2. The molecule has 0 bridgehead atoms. The number of carbonyl (C=O) groups is 2. The number of hydrogen-bond donors (Lipinski definition) is 1. The molecule has 37 heavy (non-hydrogen) atoms. The molecule has 2 amide bonds. The van der Waals surface area contributed by atoms with Gasteiger partial charge in [0, 0.05) is 25.7 Å². The van der Waals surface area contributed by atoms with Gasteiger partial charge in [-0.25, -0.2) is 9.78 Å². The Hall–Kier alpha value is -4.43. The Morgan fingerprint density at radius 2 is 1.97 bits per heavy atom. The fourth-order valence-electron chi connectivity index (χ4n) is 5.30. The molecule has 3 aromatic rings. The lowest BCUT2D eigenvalue weighted by molar-refractivity contribution is -0.118. The number of fused-ring (bicyclic) bond motifs is 3. The first kappa shape index (κ1) is 23.0. The molecule has 2 saturated heterocycles. The predicted molar refractivity (Wildman–Crippen MR) is 133 cm³/mol. The first-order valence-electron chi connectivity index (χ1n) is 12.2. The van der Waals surface area contributed by atoms with Crippen molar-refractivity contribution in [3.05, 3.63) is 58.4 Å². The number of anilines is 2. The number of nitriles is 1. The zero-order chi connectivity index (χ0) is 25.5. The van der Waals surface area contributed by atoms with Crippen molar-refractivity contribution in [2.75, 3.05) is 36.5 Å². The molecule has 1 N–H and O–H groups in total. The van der Waals surface area contributed by atoms with Crippen LogP contribution >= 0.6 is 0 Å². The number of likely N-dealkylation sites (tertiary alicyclic amines) is 1. The molecule has 5 heterocycles. The molecule has 6 rings (SSSR count). The summed E-state index contributed by atoms with van der Waals surface area (Å²) in [6.45, 7) is 2.55. The van der Waals surface area contributed by atoms with Crippen LogP contribution in [0.15, 0.2) is 47.3 Å². The quantitative estimate of drug-likeness (QED) is 0.564. The summed E-state index contributed by atoms with van der Waals surface area (Å²) >= 11 is 0. The van der Waals surface area contributed by atoms with Crippen molar-refractivity contribution in [3.63, 3.8) is 0 Å². The summed E-state index contributed by atoms with van der Waals surface area (Å²) in [4.78, 5) is 45.2. The van der Waals surface area contributed by atoms with E-state index < -0.39 is 6.09 Å². The monoisotopic (exact) mass is 500 g/mol. The number of piperidine rings is 1. The summed E-state index contributed by atoms with van der Waals surface area (Å²) in [6.07, 6.45) is 0.681. The maximum atomic E-state index is 12.8. The van der Waals surface area contributed by atoms with Crippen LogP contribution < -0.4 is 20.5 Å². The lowest BCUT2D eigenvalue weighted by Gasteiger charge is -2.35. The van der Waals surface area contributed by atoms with Gasteiger partial charge < -0.3 is 19.4 Å². The average molecular weight is 501 g/mol. The highest BCUT2D eigenvalue weighted by Crippen LogP contribution is 2.34. The topological polar surface area (TPSA) is 130 Å². The highest BCUT2D eigenvalue weighted by atomic mass is 16.6. The molecule has 0 unspecified atom stereocenters. The lowest BCUT2D eigenvalue weighted by Crippen LogP contribution is -2.49. The highest BCUT2D eigenvalue weighted by molar-refractivity contribution is 5.95. The molecule has 11 nitrogen and oxygen atoms in total. The number of rotatable bonds is 5. The summed E-state index contributed by atoms with van der Waals surface area (Å²) in [6, 6.07) is 14.1. The third-order valence-corrected chi connectivity index (χ3v) is 7.07. The second kappa shape index (κ2) is 9.22. The number of nitrogens with one attached hydrogen (secondary N) is 1. The maximum absolute atomic E-state index is 12.8. The Morgan fingerprint density at radius 3 is 2.84 bits per heavy atom. The summed E-state index contributed by atoms with van der Waals surface area (Å²) in [5, 5.41) is 12.8. The first-order chi connectivity index (χ1) is 18.0. The summed E-state index contributed by atoms with van der Waals surface area (Å²) in [5.74, 6) is 0.899. The molecule has 2 aromatic heterocycles. The third-order valence-electron chi connectivity index (χ3n) is 7.07. The second-order valence-electron chi connectivity index (χ2n) is 9.36. The number of hydrogen-bond acceptors (Lipinski definition) is 8. The minimum atomic E-state index is -0.456. The van der Waals surface area contributed by atoms with Gasteiger partial charge in [-0.2, -0.15) is 5.26 Å². The van der Waals surface area contributed by atoms with E-state index in [1.54, 1.807) is 45.9 Å². The molecule has 0 saturated carbocycles. The third kappa shape index (κ3) is 4.25. The van der Waals surface area contributed by atoms with Gasteiger partial charge in [-0.05, 0) is 55.1 Å². The number of ether oxygens (including phenoxy) is 2. The Kier molecular flexibility index (Phi) is 5.73. The second-order valence-corrected chi connectivity index (χ2v) is 9.36. The number of amides is 2. The van der Waals surface area contributed by atoms with Gasteiger partial charge in [0.1, 0.15) is 11.9 Å². The Balaban J connectivity index is 1.11. The van der Waals surface area contributed by atoms with Crippen molar-refractivity contribution in [1.82, 2.24) is 14.5 Å². The van der Waals surface area contributed by atoms with Crippen molar-refractivity contribution in [1.29, 1.82) is 5.26 Å². The van der Waals surface area contributed by atoms with Crippen LogP contribution in [-0.4, -0.2) is 64.8 Å². The average Bonchev–Trinajstić information content (AvgIpc) is 3.24. The van der Waals surface area contributed by atoms with E-state index in [0.29, 0.717) is 42.5 Å². The summed E-state index contributed by atoms with van der Waals surface area (Å²) in [5.41, 5.74) is 1.18. The number of benzene rings is 1. The SMILES string of the molecule is N#Cc1ccc2ccc(=O)n(CCCN3CC[C@@H]4[C@@H](C3)OC(=O)N4c3ccc4c(n3)NC(=O)CO4)c2c1. The molecule has 1 aromatic carbocycles. The maximum Gasteiger partial charge on any atom is 0.416 e. The molecule has 0 spiro atoms. The van der Waals surface area contributed by atoms with E-state index in [9.17, 15) is 19.6 Å². The molecule has 2 fully saturated rings. The zero-order valence-electron chi connectivity index (χ0n) is 19.9. The molecular weight excluding hydrogens is 476 g/mol. The van der Waals surface area contributed by atoms with E-state index in [-0.39, 0.29) is 30.2 Å². The number of nitrogens with zero attached hydrogens (tertiary/aromatic N) is 5.